The Balaban J connectivity index is 1.27. The van der Waals surface area contributed by atoms with Gasteiger partial charge in [0, 0.05) is 16.9 Å². The predicted octanol–water partition coefficient (Wildman–Crippen LogP) is 7.33. The first kappa shape index (κ1) is 35.7. The highest BCUT2D eigenvalue weighted by atomic mass is 35.5. The van der Waals surface area contributed by atoms with E-state index in [1.165, 1.54) is 9.80 Å². The number of ether oxygens (including phenoxy) is 3. The van der Waals surface area contributed by atoms with Gasteiger partial charge in [-0.25, -0.2) is 19.4 Å². The van der Waals surface area contributed by atoms with Crippen molar-refractivity contribution in [2.45, 2.75) is 50.6 Å². The van der Waals surface area contributed by atoms with Gasteiger partial charge < -0.3 is 14.2 Å². The highest BCUT2D eigenvalue weighted by Crippen LogP contribution is 2.30. The SMILES string of the molecule is COc1ccc(C[C@@H](CC[C@H](Cc2cccc(Cl)c2)C(=O)N2C(=O)OCC2Cc2ccccc2)C(=O)N2C(=O)OCC2Cc2ccccc2)cc1. The van der Waals surface area contributed by atoms with Crippen LogP contribution >= 0.6 is 11.6 Å². The number of amides is 4. The van der Waals surface area contributed by atoms with Gasteiger partial charge in [-0.1, -0.05) is 96.5 Å². The van der Waals surface area contributed by atoms with Gasteiger partial charge in [0.15, 0.2) is 0 Å². The lowest BCUT2D eigenvalue weighted by Gasteiger charge is -2.28. The normalized spacial score (nSPS) is 18.2. The molecule has 51 heavy (non-hydrogen) atoms. The Labute approximate surface area is 303 Å². The Morgan fingerprint density at radius 1 is 0.667 bits per heavy atom. The van der Waals surface area contributed by atoms with E-state index < -0.39 is 36.1 Å². The molecule has 0 N–H and O–H groups in total. The van der Waals surface area contributed by atoms with E-state index in [1.54, 1.807) is 19.2 Å². The Hall–Kier alpha value is -5.15. The molecule has 2 heterocycles. The predicted molar refractivity (Wildman–Crippen MR) is 192 cm³/mol. The van der Waals surface area contributed by atoms with Gasteiger partial charge in [0.25, 0.3) is 0 Å². The summed E-state index contributed by atoms with van der Waals surface area (Å²) in [5, 5.41) is 0.533. The first-order valence-corrected chi connectivity index (χ1v) is 17.6. The van der Waals surface area contributed by atoms with Crippen molar-refractivity contribution < 1.29 is 33.4 Å². The molecule has 0 saturated carbocycles. The van der Waals surface area contributed by atoms with E-state index in [4.69, 9.17) is 25.8 Å². The molecule has 0 aliphatic carbocycles. The molecular formula is C41H41ClN2O7. The molecule has 10 heteroatoms. The number of carbonyl (C=O) groups excluding carboxylic acids is 4. The lowest BCUT2D eigenvalue weighted by molar-refractivity contribution is -0.136. The molecule has 2 aliphatic rings. The van der Waals surface area contributed by atoms with Crippen LogP contribution in [0.4, 0.5) is 9.59 Å². The number of methoxy groups -OCH3 is 1. The van der Waals surface area contributed by atoms with E-state index in [9.17, 15) is 19.2 Å². The van der Waals surface area contributed by atoms with Gasteiger partial charge >= 0.3 is 12.2 Å². The summed E-state index contributed by atoms with van der Waals surface area (Å²) in [6.07, 6.45) is 0.742. The third-order valence-corrected chi connectivity index (χ3v) is 9.83. The molecule has 0 aromatic heterocycles. The number of benzene rings is 4. The monoisotopic (exact) mass is 708 g/mol. The van der Waals surface area contributed by atoms with Gasteiger partial charge in [-0.3, -0.25) is 9.59 Å². The first-order chi connectivity index (χ1) is 24.8. The number of halogens is 1. The number of rotatable bonds is 14. The van der Waals surface area contributed by atoms with E-state index >= 15 is 0 Å². The van der Waals surface area contributed by atoms with Crippen molar-refractivity contribution in [2.24, 2.45) is 11.8 Å². The molecule has 0 bridgehead atoms. The fourth-order valence-corrected chi connectivity index (χ4v) is 7.16. The quantitative estimate of drug-likeness (QED) is 0.135. The topological polar surface area (TPSA) is 102 Å². The fourth-order valence-electron chi connectivity index (χ4n) is 6.95. The minimum Gasteiger partial charge on any atom is -0.497 e. The van der Waals surface area contributed by atoms with Gasteiger partial charge in [0.05, 0.1) is 19.2 Å². The smallest absolute Gasteiger partial charge is 0.416 e. The highest BCUT2D eigenvalue weighted by molar-refractivity contribution is 6.30. The summed E-state index contributed by atoms with van der Waals surface area (Å²) in [5.74, 6) is -1.38. The molecule has 4 aromatic rings. The maximum atomic E-state index is 14.4. The average molecular weight is 709 g/mol. The van der Waals surface area contributed by atoms with Gasteiger partial charge in [-0.2, -0.15) is 0 Å². The number of carbonyl (C=O) groups is 4. The van der Waals surface area contributed by atoms with E-state index in [-0.39, 0.29) is 37.9 Å². The summed E-state index contributed by atoms with van der Waals surface area (Å²) in [6.45, 7) is 0.201. The summed E-state index contributed by atoms with van der Waals surface area (Å²) in [4.78, 5) is 57.6. The lowest BCUT2D eigenvalue weighted by Crippen LogP contribution is -2.45. The molecule has 264 valence electrons. The second kappa shape index (κ2) is 16.7. The van der Waals surface area contributed by atoms with Crippen LogP contribution in [-0.2, 0) is 44.7 Å². The highest BCUT2D eigenvalue weighted by Gasteiger charge is 2.43. The molecule has 9 nitrogen and oxygen atoms in total. The Morgan fingerprint density at radius 3 is 1.61 bits per heavy atom. The number of hydrogen-bond donors (Lipinski definition) is 0. The zero-order chi connectivity index (χ0) is 35.7. The maximum absolute atomic E-state index is 14.4. The van der Waals surface area contributed by atoms with Crippen LogP contribution in [-0.4, -0.2) is 66.2 Å². The van der Waals surface area contributed by atoms with Crippen molar-refractivity contribution in [2.75, 3.05) is 20.3 Å². The minimum absolute atomic E-state index is 0.0990. The zero-order valence-corrected chi connectivity index (χ0v) is 29.2. The van der Waals surface area contributed by atoms with E-state index in [2.05, 4.69) is 0 Å². The van der Waals surface area contributed by atoms with Crippen molar-refractivity contribution in [3.8, 4) is 5.75 Å². The molecule has 0 radical (unpaired) electrons. The minimum atomic E-state index is -0.677. The number of cyclic esters (lactones) is 2. The molecule has 4 aromatic carbocycles. The van der Waals surface area contributed by atoms with Crippen molar-refractivity contribution in [3.05, 3.63) is 136 Å². The third-order valence-electron chi connectivity index (χ3n) is 9.60. The third kappa shape index (κ3) is 8.96. The second-order valence-corrected chi connectivity index (χ2v) is 13.6. The van der Waals surface area contributed by atoms with Crippen LogP contribution in [0.25, 0.3) is 0 Å². The summed E-state index contributed by atoms with van der Waals surface area (Å²) in [6, 6.07) is 33.1. The van der Waals surface area contributed by atoms with Gasteiger partial charge in [-0.15, -0.1) is 0 Å². The summed E-state index contributed by atoms with van der Waals surface area (Å²) in [5.41, 5.74) is 3.68. The molecule has 4 atom stereocenters. The van der Waals surface area contributed by atoms with E-state index in [0.29, 0.717) is 36.5 Å². The zero-order valence-electron chi connectivity index (χ0n) is 28.5. The summed E-state index contributed by atoms with van der Waals surface area (Å²) >= 11 is 6.34. The number of imide groups is 2. The molecule has 0 spiro atoms. The summed E-state index contributed by atoms with van der Waals surface area (Å²) in [7, 11) is 1.59. The Kier molecular flexibility index (Phi) is 11.7. The van der Waals surface area contributed by atoms with Gasteiger partial charge in [0.2, 0.25) is 11.8 Å². The average Bonchev–Trinajstić information content (AvgIpc) is 3.70. The van der Waals surface area contributed by atoms with E-state index in [1.807, 2.05) is 97.1 Å². The van der Waals surface area contributed by atoms with Crippen molar-refractivity contribution in [1.29, 1.82) is 0 Å². The standard InChI is InChI=1S/C41H41ClN2O7/c1-49-37-19-15-30(16-20-37)21-32(38(45)43-35(26-50-40(43)47)24-28-9-4-2-5-10-28)17-18-33(22-31-13-8-14-34(42)23-31)39(46)44-36(27-51-41(44)48)25-29-11-6-3-7-12-29/h2-16,19-20,23,32-33,35-36H,17-18,21-22,24-27H2,1H3/t32-,33-,35?,36?/m1/s1. The lowest BCUT2D eigenvalue weighted by atomic mass is 9.86. The first-order valence-electron chi connectivity index (χ1n) is 17.2. The molecule has 2 fully saturated rings. The van der Waals surface area contributed by atoms with Crippen LogP contribution in [0, 0.1) is 11.8 Å². The molecule has 2 saturated heterocycles. The van der Waals surface area contributed by atoms with Crippen LogP contribution in [0.2, 0.25) is 5.02 Å². The Morgan fingerprint density at radius 2 is 1.14 bits per heavy atom. The summed E-state index contributed by atoms with van der Waals surface area (Å²) < 4.78 is 16.2. The van der Waals surface area contributed by atoms with E-state index in [0.717, 1.165) is 22.3 Å². The largest absolute Gasteiger partial charge is 0.497 e. The van der Waals surface area contributed by atoms with Crippen LogP contribution in [0.5, 0.6) is 5.75 Å². The van der Waals surface area contributed by atoms with Crippen LogP contribution in [0.15, 0.2) is 109 Å². The van der Waals surface area contributed by atoms with Crippen LogP contribution < -0.4 is 4.74 Å². The molecular weight excluding hydrogens is 668 g/mol. The fraction of sp³-hybridized carbons (Fsp3) is 0.317. The van der Waals surface area contributed by atoms with Gasteiger partial charge in [0.1, 0.15) is 19.0 Å². The van der Waals surface area contributed by atoms with Crippen molar-refractivity contribution >= 4 is 35.6 Å². The number of nitrogens with zero attached hydrogens (tertiary/aromatic N) is 2. The van der Waals surface area contributed by atoms with Crippen molar-refractivity contribution in [1.82, 2.24) is 9.80 Å². The Bertz CT molecular complexity index is 1820. The van der Waals surface area contributed by atoms with Crippen molar-refractivity contribution in [3.63, 3.8) is 0 Å². The van der Waals surface area contributed by atoms with Gasteiger partial charge in [-0.05, 0) is 85.0 Å². The maximum Gasteiger partial charge on any atom is 0.416 e. The molecule has 2 aliphatic heterocycles. The second-order valence-electron chi connectivity index (χ2n) is 13.1. The van der Waals surface area contributed by atoms with Crippen LogP contribution in [0.1, 0.15) is 35.1 Å². The molecule has 6 rings (SSSR count). The van der Waals surface area contributed by atoms with Crippen LogP contribution in [0.3, 0.4) is 0 Å². The molecule has 4 amide bonds. The molecule has 2 unspecified atom stereocenters. The number of hydrogen-bond acceptors (Lipinski definition) is 7.